The van der Waals surface area contributed by atoms with E-state index in [2.05, 4.69) is 55.6 Å². The van der Waals surface area contributed by atoms with Crippen LogP contribution in [-0.4, -0.2) is 110 Å². The minimum Gasteiger partial charge on any atom is -0.394 e. The van der Waals surface area contributed by atoms with Crippen LogP contribution in [0, 0.1) is 0 Å². The molecule has 11 nitrogen and oxygen atoms in total. The first-order chi connectivity index (χ1) is 26.7. The molecular weight excluding hydrogens is 702 g/mol. The monoisotopic (exact) mass is 784 g/mol. The van der Waals surface area contributed by atoms with Gasteiger partial charge in [-0.15, -0.1) is 0 Å². The number of aliphatic hydroxyl groups is 7. The highest BCUT2D eigenvalue weighted by molar-refractivity contribution is 5.80. The van der Waals surface area contributed by atoms with Gasteiger partial charge in [-0.05, 0) is 70.6 Å². The quantitative estimate of drug-likeness (QED) is 0.0262. The van der Waals surface area contributed by atoms with Gasteiger partial charge in [0.25, 0.3) is 0 Å². The van der Waals surface area contributed by atoms with Gasteiger partial charge in [0, 0.05) is 0 Å². The van der Waals surface area contributed by atoms with E-state index in [1.807, 2.05) is 0 Å². The van der Waals surface area contributed by atoms with Gasteiger partial charge >= 0.3 is 0 Å². The maximum atomic E-state index is 13.0. The van der Waals surface area contributed by atoms with E-state index in [0.717, 1.165) is 51.4 Å². The summed E-state index contributed by atoms with van der Waals surface area (Å²) in [6, 6.07) is -1.19. The van der Waals surface area contributed by atoms with Crippen molar-refractivity contribution in [1.82, 2.24) is 5.32 Å². The van der Waals surface area contributed by atoms with Gasteiger partial charge < -0.3 is 50.5 Å². The number of carbonyl (C=O) groups is 1. The Bertz CT molecular complexity index is 992. The van der Waals surface area contributed by atoms with Crippen LogP contribution in [0.5, 0.6) is 0 Å². The van der Waals surface area contributed by atoms with Crippen molar-refractivity contribution in [3.05, 3.63) is 36.5 Å². The Morgan fingerprint density at radius 1 is 0.618 bits per heavy atom. The SMILES string of the molecule is CCCC/C=C\CCCCCCC(O)C(=O)NC(COC1OC(CO)C(O)C(O)C1O)C(O)C(O)CCC/C=C/CC/C=C/CCCCCCCCCCC. The summed E-state index contributed by atoms with van der Waals surface area (Å²) < 4.78 is 11.0. The van der Waals surface area contributed by atoms with E-state index in [-0.39, 0.29) is 12.8 Å². The molecule has 1 fully saturated rings. The smallest absolute Gasteiger partial charge is 0.249 e. The first kappa shape index (κ1) is 51.3. The summed E-state index contributed by atoms with van der Waals surface area (Å²) in [6.45, 7) is 3.34. The lowest BCUT2D eigenvalue weighted by Gasteiger charge is -2.40. The highest BCUT2D eigenvalue weighted by atomic mass is 16.7. The summed E-state index contributed by atoms with van der Waals surface area (Å²) in [7, 11) is 0. The van der Waals surface area contributed by atoms with E-state index in [9.17, 15) is 40.5 Å². The second kappa shape index (κ2) is 34.4. The predicted molar refractivity (Wildman–Crippen MR) is 219 cm³/mol. The molecule has 0 aromatic carbocycles. The van der Waals surface area contributed by atoms with Gasteiger partial charge in [0.05, 0.1) is 25.4 Å². The fraction of sp³-hybridized carbons (Fsp3) is 0.841. The van der Waals surface area contributed by atoms with Crippen LogP contribution in [0.4, 0.5) is 0 Å². The maximum absolute atomic E-state index is 13.0. The van der Waals surface area contributed by atoms with E-state index < -0.39 is 74.2 Å². The second-order valence-corrected chi connectivity index (χ2v) is 15.4. The van der Waals surface area contributed by atoms with Gasteiger partial charge in [-0.25, -0.2) is 0 Å². The van der Waals surface area contributed by atoms with E-state index in [1.165, 1.54) is 70.6 Å². The summed E-state index contributed by atoms with van der Waals surface area (Å²) in [5.41, 5.74) is 0. The summed E-state index contributed by atoms with van der Waals surface area (Å²) in [4.78, 5) is 13.0. The Morgan fingerprint density at radius 3 is 1.67 bits per heavy atom. The van der Waals surface area contributed by atoms with E-state index in [1.54, 1.807) is 0 Å². The van der Waals surface area contributed by atoms with Gasteiger partial charge in [-0.2, -0.15) is 0 Å². The number of allylic oxidation sites excluding steroid dienone is 6. The van der Waals surface area contributed by atoms with Gasteiger partial charge in [-0.3, -0.25) is 4.79 Å². The average molecular weight is 784 g/mol. The van der Waals surface area contributed by atoms with E-state index >= 15 is 0 Å². The van der Waals surface area contributed by atoms with Crippen LogP contribution in [0.25, 0.3) is 0 Å². The van der Waals surface area contributed by atoms with Gasteiger partial charge in [-0.1, -0.05) is 134 Å². The van der Waals surface area contributed by atoms with Crippen LogP contribution < -0.4 is 5.32 Å². The van der Waals surface area contributed by atoms with Crippen LogP contribution in [0.2, 0.25) is 0 Å². The molecule has 0 aromatic heterocycles. The highest BCUT2D eigenvalue weighted by Gasteiger charge is 2.44. The van der Waals surface area contributed by atoms with Gasteiger partial charge in [0.15, 0.2) is 6.29 Å². The lowest BCUT2D eigenvalue weighted by atomic mass is 9.98. The van der Waals surface area contributed by atoms with Crippen molar-refractivity contribution in [2.75, 3.05) is 13.2 Å². The number of aliphatic hydroxyl groups excluding tert-OH is 7. The molecule has 0 aromatic rings. The lowest BCUT2D eigenvalue weighted by Crippen LogP contribution is -2.60. The van der Waals surface area contributed by atoms with Crippen LogP contribution in [0.3, 0.4) is 0 Å². The number of nitrogens with one attached hydrogen (secondary N) is 1. The molecule has 322 valence electrons. The van der Waals surface area contributed by atoms with Crippen molar-refractivity contribution in [3.8, 4) is 0 Å². The normalized spacial score (nSPS) is 22.8. The minimum absolute atomic E-state index is 0.235. The summed E-state index contributed by atoms with van der Waals surface area (Å²) in [5.74, 6) is -0.724. The van der Waals surface area contributed by atoms with Crippen molar-refractivity contribution in [1.29, 1.82) is 0 Å². The summed E-state index contributed by atoms with van der Waals surface area (Å²) >= 11 is 0. The molecule has 1 rings (SSSR count). The van der Waals surface area contributed by atoms with Gasteiger partial charge in [0.2, 0.25) is 5.91 Å². The molecule has 0 saturated carbocycles. The van der Waals surface area contributed by atoms with Crippen molar-refractivity contribution >= 4 is 5.91 Å². The summed E-state index contributed by atoms with van der Waals surface area (Å²) in [5, 5.41) is 75.3. The zero-order valence-corrected chi connectivity index (χ0v) is 34.4. The molecule has 11 heteroatoms. The Hall–Kier alpha value is -1.67. The molecule has 9 unspecified atom stereocenters. The molecule has 8 N–H and O–H groups in total. The lowest BCUT2D eigenvalue weighted by molar-refractivity contribution is -0.303. The maximum Gasteiger partial charge on any atom is 0.249 e. The number of carbonyl (C=O) groups excluding carboxylic acids is 1. The largest absolute Gasteiger partial charge is 0.394 e. The standard InChI is InChI=1S/C44H81NO10/c1-3-5-7-9-11-13-15-16-17-18-19-20-21-22-24-25-27-29-31-36(47)39(49)35(34-54-44-42(52)41(51)40(50)38(33-46)55-44)45-43(53)37(48)32-30-28-26-23-14-12-10-8-6-4-2/h10,12,19-20,24-25,35-42,44,46-52H,3-9,11,13-18,21-23,26-34H2,1-2H3,(H,45,53)/b12-10-,20-19+,25-24+. The average Bonchev–Trinajstić information content (AvgIpc) is 3.18. The Kier molecular flexibility index (Phi) is 32.1. The van der Waals surface area contributed by atoms with Crippen LogP contribution in [0.1, 0.15) is 168 Å². The Labute approximate surface area is 333 Å². The fourth-order valence-corrected chi connectivity index (χ4v) is 6.67. The van der Waals surface area contributed by atoms with Crippen molar-refractivity contribution in [2.45, 2.75) is 223 Å². The molecule has 0 aliphatic carbocycles. The molecular formula is C44H81NO10. The van der Waals surface area contributed by atoms with Crippen LogP contribution in [0.15, 0.2) is 36.5 Å². The summed E-state index contributed by atoms with van der Waals surface area (Å²) in [6.07, 6.45) is 26.4. The molecule has 0 radical (unpaired) electrons. The third-order valence-corrected chi connectivity index (χ3v) is 10.4. The van der Waals surface area contributed by atoms with Crippen molar-refractivity contribution in [2.24, 2.45) is 0 Å². The molecule has 0 spiro atoms. The molecule has 1 aliphatic rings. The first-order valence-electron chi connectivity index (χ1n) is 21.9. The molecule has 1 amide bonds. The molecule has 1 heterocycles. The van der Waals surface area contributed by atoms with Gasteiger partial charge in [0.1, 0.15) is 36.6 Å². The minimum atomic E-state index is -1.67. The molecule has 55 heavy (non-hydrogen) atoms. The number of hydrogen-bond acceptors (Lipinski definition) is 10. The van der Waals surface area contributed by atoms with Crippen molar-refractivity contribution < 1.29 is 50.0 Å². The third-order valence-electron chi connectivity index (χ3n) is 10.4. The molecule has 1 saturated heterocycles. The molecule has 0 bridgehead atoms. The fourth-order valence-electron chi connectivity index (χ4n) is 6.67. The number of rotatable bonds is 35. The topological polar surface area (TPSA) is 189 Å². The first-order valence-corrected chi connectivity index (χ1v) is 21.9. The molecule has 9 atom stereocenters. The highest BCUT2D eigenvalue weighted by Crippen LogP contribution is 2.23. The second-order valence-electron chi connectivity index (χ2n) is 15.4. The van der Waals surface area contributed by atoms with Crippen LogP contribution in [-0.2, 0) is 14.3 Å². The predicted octanol–water partition coefficient (Wildman–Crippen LogP) is 6.44. The number of unbranched alkanes of at least 4 members (excludes halogenated alkanes) is 17. The number of hydrogen-bond donors (Lipinski definition) is 8. The Balaban J connectivity index is 2.52. The molecule has 1 aliphatic heterocycles. The number of ether oxygens (including phenoxy) is 2. The van der Waals surface area contributed by atoms with Crippen molar-refractivity contribution in [3.63, 3.8) is 0 Å². The zero-order chi connectivity index (χ0) is 40.5. The third kappa shape index (κ3) is 24.7. The van der Waals surface area contributed by atoms with E-state index in [4.69, 9.17) is 9.47 Å². The zero-order valence-electron chi connectivity index (χ0n) is 34.4. The van der Waals surface area contributed by atoms with E-state index in [0.29, 0.717) is 19.3 Å². The Morgan fingerprint density at radius 2 is 1.11 bits per heavy atom. The van der Waals surface area contributed by atoms with Crippen LogP contribution >= 0.6 is 0 Å². The number of amides is 1.